The molecule has 0 aliphatic carbocycles. The van der Waals surface area contributed by atoms with Gasteiger partial charge in [0.2, 0.25) is 0 Å². The molecule has 1 N–H and O–H groups in total. The van der Waals surface area contributed by atoms with E-state index in [2.05, 4.69) is 26.0 Å². The SMILES string of the molecule is Cc1ccc(/C(=C/c2ccc(C(C)C)cc2)C(=O)O)cc1C. The van der Waals surface area contributed by atoms with E-state index in [9.17, 15) is 9.90 Å². The monoisotopic (exact) mass is 294 g/mol. The lowest BCUT2D eigenvalue weighted by molar-refractivity contribution is -0.130. The van der Waals surface area contributed by atoms with Crippen LogP contribution >= 0.6 is 0 Å². The molecule has 0 aromatic heterocycles. The van der Waals surface area contributed by atoms with Gasteiger partial charge in [-0.15, -0.1) is 0 Å². The van der Waals surface area contributed by atoms with Crippen molar-refractivity contribution in [2.75, 3.05) is 0 Å². The van der Waals surface area contributed by atoms with Gasteiger partial charge in [0.05, 0.1) is 5.57 Å². The Morgan fingerprint density at radius 2 is 1.64 bits per heavy atom. The summed E-state index contributed by atoms with van der Waals surface area (Å²) < 4.78 is 0. The van der Waals surface area contributed by atoms with Crippen molar-refractivity contribution in [3.63, 3.8) is 0 Å². The average molecular weight is 294 g/mol. The molecule has 0 radical (unpaired) electrons. The lowest BCUT2D eigenvalue weighted by atomic mass is 9.97. The Hall–Kier alpha value is -2.35. The average Bonchev–Trinajstić information content (AvgIpc) is 2.48. The van der Waals surface area contributed by atoms with Crippen molar-refractivity contribution in [2.45, 2.75) is 33.6 Å². The molecule has 0 heterocycles. The third-order valence-electron chi connectivity index (χ3n) is 3.96. The highest BCUT2D eigenvalue weighted by Crippen LogP contribution is 2.22. The molecule has 114 valence electrons. The normalized spacial score (nSPS) is 11.8. The number of hydrogen-bond donors (Lipinski definition) is 1. The highest BCUT2D eigenvalue weighted by atomic mass is 16.4. The Morgan fingerprint density at radius 1 is 1.00 bits per heavy atom. The summed E-state index contributed by atoms with van der Waals surface area (Å²) in [5.41, 5.74) is 5.47. The van der Waals surface area contributed by atoms with Crippen LogP contribution in [0.4, 0.5) is 0 Å². The number of aryl methyl sites for hydroxylation is 2. The number of benzene rings is 2. The van der Waals surface area contributed by atoms with E-state index in [4.69, 9.17) is 0 Å². The molecule has 2 aromatic rings. The second-order valence-electron chi connectivity index (χ2n) is 5.98. The number of hydrogen-bond acceptors (Lipinski definition) is 1. The first-order valence-corrected chi connectivity index (χ1v) is 7.51. The van der Waals surface area contributed by atoms with Crippen molar-refractivity contribution in [3.8, 4) is 0 Å². The first kappa shape index (κ1) is 16.0. The van der Waals surface area contributed by atoms with Crippen LogP contribution in [0.15, 0.2) is 42.5 Å². The van der Waals surface area contributed by atoms with E-state index in [0.717, 1.165) is 22.3 Å². The number of carboxylic acid groups (broad SMARTS) is 1. The fourth-order valence-electron chi connectivity index (χ4n) is 2.32. The Balaban J connectivity index is 2.42. The zero-order valence-electron chi connectivity index (χ0n) is 13.6. The van der Waals surface area contributed by atoms with Crippen LogP contribution in [0.2, 0.25) is 0 Å². The number of rotatable bonds is 4. The Labute approximate surface area is 132 Å². The number of carboxylic acids is 1. The van der Waals surface area contributed by atoms with Crippen LogP contribution in [0, 0.1) is 13.8 Å². The van der Waals surface area contributed by atoms with Gasteiger partial charge >= 0.3 is 5.97 Å². The molecular formula is C20H22O2. The van der Waals surface area contributed by atoms with Gasteiger partial charge in [0, 0.05) is 0 Å². The van der Waals surface area contributed by atoms with E-state index in [0.29, 0.717) is 11.5 Å². The van der Waals surface area contributed by atoms with Crippen LogP contribution in [0.3, 0.4) is 0 Å². The van der Waals surface area contributed by atoms with Crippen molar-refractivity contribution >= 4 is 17.6 Å². The summed E-state index contributed by atoms with van der Waals surface area (Å²) >= 11 is 0. The van der Waals surface area contributed by atoms with E-state index in [1.807, 2.05) is 44.2 Å². The maximum Gasteiger partial charge on any atom is 0.336 e. The lowest BCUT2D eigenvalue weighted by Crippen LogP contribution is -2.00. The van der Waals surface area contributed by atoms with Crippen molar-refractivity contribution in [3.05, 3.63) is 70.3 Å². The topological polar surface area (TPSA) is 37.3 Å². The lowest BCUT2D eigenvalue weighted by Gasteiger charge is -2.08. The maximum absolute atomic E-state index is 11.6. The van der Waals surface area contributed by atoms with E-state index < -0.39 is 5.97 Å². The third kappa shape index (κ3) is 3.64. The molecule has 0 spiro atoms. The van der Waals surface area contributed by atoms with E-state index in [1.165, 1.54) is 5.56 Å². The van der Waals surface area contributed by atoms with Crippen LogP contribution in [-0.4, -0.2) is 11.1 Å². The summed E-state index contributed by atoms with van der Waals surface area (Å²) in [5, 5.41) is 9.52. The molecule has 0 amide bonds. The van der Waals surface area contributed by atoms with Gasteiger partial charge in [0.1, 0.15) is 0 Å². The maximum atomic E-state index is 11.6. The van der Waals surface area contributed by atoms with Crippen LogP contribution in [-0.2, 0) is 4.79 Å². The Morgan fingerprint density at radius 3 is 2.14 bits per heavy atom. The highest BCUT2D eigenvalue weighted by Gasteiger charge is 2.11. The molecule has 2 rings (SSSR count). The molecule has 22 heavy (non-hydrogen) atoms. The molecule has 0 bridgehead atoms. The summed E-state index contributed by atoms with van der Waals surface area (Å²) in [6.07, 6.45) is 1.73. The summed E-state index contributed by atoms with van der Waals surface area (Å²) in [4.78, 5) is 11.6. The van der Waals surface area contributed by atoms with Crippen LogP contribution in [0.1, 0.15) is 47.6 Å². The quantitative estimate of drug-likeness (QED) is 0.632. The van der Waals surface area contributed by atoms with Crippen LogP contribution < -0.4 is 0 Å². The fraction of sp³-hybridized carbons (Fsp3) is 0.250. The largest absolute Gasteiger partial charge is 0.478 e. The van der Waals surface area contributed by atoms with E-state index in [1.54, 1.807) is 6.08 Å². The van der Waals surface area contributed by atoms with Gasteiger partial charge in [-0.1, -0.05) is 56.3 Å². The number of carbonyl (C=O) groups is 1. The van der Waals surface area contributed by atoms with Gasteiger partial charge in [0.25, 0.3) is 0 Å². The standard InChI is InChI=1S/C20H22O2/c1-13(2)17-9-6-16(7-10-17)12-19(20(21)22)18-8-5-14(3)15(4)11-18/h5-13H,1-4H3,(H,21,22)/b19-12-. The predicted molar refractivity (Wildman–Crippen MR) is 92.0 cm³/mol. The Bertz CT molecular complexity index is 707. The van der Waals surface area contributed by atoms with Gasteiger partial charge in [-0.3, -0.25) is 0 Å². The molecule has 0 fully saturated rings. The Kier molecular flexibility index (Phi) is 4.81. The second-order valence-corrected chi connectivity index (χ2v) is 5.98. The molecular weight excluding hydrogens is 272 g/mol. The first-order valence-electron chi connectivity index (χ1n) is 7.51. The van der Waals surface area contributed by atoms with Gasteiger partial charge in [-0.05, 0) is 53.7 Å². The molecule has 2 nitrogen and oxygen atoms in total. The molecule has 0 aliphatic heterocycles. The molecule has 0 saturated heterocycles. The minimum absolute atomic E-state index is 0.320. The first-order chi connectivity index (χ1) is 10.4. The smallest absolute Gasteiger partial charge is 0.336 e. The minimum atomic E-state index is -0.906. The summed E-state index contributed by atoms with van der Waals surface area (Å²) in [7, 11) is 0. The van der Waals surface area contributed by atoms with Crippen molar-refractivity contribution < 1.29 is 9.90 Å². The summed E-state index contributed by atoms with van der Waals surface area (Å²) in [6.45, 7) is 8.30. The van der Waals surface area contributed by atoms with Gasteiger partial charge in [-0.25, -0.2) is 4.79 Å². The molecule has 2 aromatic carbocycles. The number of aliphatic carboxylic acids is 1. The molecule has 0 atom stereocenters. The molecule has 0 saturated carbocycles. The van der Waals surface area contributed by atoms with Crippen molar-refractivity contribution in [1.82, 2.24) is 0 Å². The summed E-state index contributed by atoms with van der Waals surface area (Å²) in [6, 6.07) is 13.8. The highest BCUT2D eigenvalue weighted by molar-refractivity contribution is 6.20. The minimum Gasteiger partial charge on any atom is -0.478 e. The molecule has 0 aliphatic rings. The van der Waals surface area contributed by atoms with Crippen LogP contribution in [0.25, 0.3) is 11.6 Å². The fourth-order valence-corrected chi connectivity index (χ4v) is 2.32. The van der Waals surface area contributed by atoms with Crippen LogP contribution in [0.5, 0.6) is 0 Å². The van der Waals surface area contributed by atoms with Gasteiger partial charge in [0.15, 0.2) is 0 Å². The van der Waals surface area contributed by atoms with E-state index >= 15 is 0 Å². The third-order valence-corrected chi connectivity index (χ3v) is 3.96. The summed E-state index contributed by atoms with van der Waals surface area (Å²) in [5.74, 6) is -0.437. The van der Waals surface area contributed by atoms with Crippen molar-refractivity contribution in [2.24, 2.45) is 0 Å². The molecule has 2 heteroatoms. The second kappa shape index (κ2) is 6.61. The zero-order valence-corrected chi connectivity index (χ0v) is 13.6. The zero-order chi connectivity index (χ0) is 16.3. The van der Waals surface area contributed by atoms with Gasteiger partial charge in [-0.2, -0.15) is 0 Å². The predicted octanol–water partition coefficient (Wildman–Crippen LogP) is 5.05. The van der Waals surface area contributed by atoms with Gasteiger partial charge < -0.3 is 5.11 Å². The van der Waals surface area contributed by atoms with Crippen molar-refractivity contribution in [1.29, 1.82) is 0 Å². The van der Waals surface area contributed by atoms with E-state index in [-0.39, 0.29) is 0 Å². The molecule has 0 unspecified atom stereocenters.